The normalized spacial score (nSPS) is 19.5. The fourth-order valence-electron chi connectivity index (χ4n) is 2.69. The molecule has 0 bridgehead atoms. The van der Waals surface area contributed by atoms with Crippen molar-refractivity contribution in [3.63, 3.8) is 0 Å². The predicted molar refractivity (Wildman–Crippen MR) is 89.4 cm³/mol. The van der Waals surface area contributed by atoms with E-state index in [1.807, 2.05) is 24.4 Å². The van der Waals surface area contributed by atoms with Gasteiger partial charge >= 0.3 is 0 Å². The molecule has 0 amide bonds. The van der Waals surface area contributed by atoms with Crippen molar-refractivity contribution in [3.8, 4) is 5.75 Å². The second kappa shape index (κ2) is 8.06. The van der Waals surface area contributed by atoms with Crippen LogP contribution in [0.1, 0.15) is 43.4 Å². The van der Waals surface area contributed by atoms with Gasteiger partial charge in [0, 0.05) is 12.4 Å². The maximum Gasteiger partial charge on any atom is 0.137 e. The van der Waals surface area contributed by atoms with Crippen molar-refractivity contribution in [3.05, 3.63) is 54.1 Å². The Kier molecular flexibility index (Phi) is 5.59. The van der Waals surface area contributed by atoms with Crippen molar-refractivity contribution in [1.82, 2.24) is 9.97 Å². The van der Waals surface area contributed by atoms with Crippen LogP contribution in [0.5, 0.6) is 5.75 Å². The zero-order valence-electron chi connectivity index (χ0n) is 13.6. The fraction of sp³-hybridized carbons (Fsp3) is 0.474. The fourth-order valence-corrected chi connectivity index (χ4v) is 2.69. The second-order valence-corrected chi connectivity index (χ2v) is 6.09. The number of rotatable bonds is 9. The number of unbranched alkanes of at least 4 members (excludes halogenated alkanes) is 1. The molecule has 0 saturated heterocycles. The number of pyridine rings is 2. The molecule has 122 valence electrons. The molecule has 0 spiro atoms. The highest BCUT2D eigenvalue weighted by Crippen LogP contribution is 2.47. The first-order chi connectivity index (χ1) is 11.4. The third kappa shape index (κ3) is 4.76. The molecule has 0 radical (unpaired) electrons. The van der Waals surface area contributed by atoms with Crippen LogP contribution < -0.4 is 4.74 Å². The monoisotopic (exact) mass is 312 g/mol. The van der Waals surface area contributed by atoms with Crippen molar-refractivity contribution in [2.75, 3.05) is 13.2 Å². The van der Waals surface area contributed by atoms with Crippen LogP contribution in [0.15, 0.2) is 42.9 Å². The van der Waals surface area contributed by atoms with E-state index < -0.39 is 0 Å². The predicted octanol–water partition coefficient (Wildman–Crippen LogP) is 3.98. The highest BCUT2D eigenvalue weighted by molar-refractivity contribution is 5.30. The first kappa shape index (κ1) is 15.9. The smallest absolute Gasteiger partial charge is 0.137 e. The molecule has 1 saturated carbocycles. The Morgan fingerprint density at radius 2 is 2.22 bits per heavy atom. The number of hydrogen-bond donors (Lipinski definition) is 0. The summed E-state index contributed by atoms with van der Waals surface area (Å²) in [5, 5.41) is 0. The summed E-state index contributed by atoms with van der Waals surface area (Å²) in [5.41, 5.74) is 2.25. The Bertz CT molecular complexity index is 603. The third-order valence-electron chi connectivity index (χ3n) is 4.16. The molecular weight excluding hydrogens is 288 g/mol. The molecule has 1 aliphatic carbocycles. The molecule has 1 fully saturated rings. The largest absolute Gasteiger partial charge is 0.492 e. The van der Waals surface area contributed by atoms with E-state index in [0.29, 0.717) is 18.4 Å². The molecular formula is C19H24N2O2. The van der Waals surface area contributed by atoms with Gasteiger partial charge in [0.05, 0.1) is 31.7 Å². The van der Waals surface area contributed by atoms with E-state index in [1.165, 1.54) is 12.0 Å². The van der Waals surface area contributed by atoms with Crippen LogP contribution in [0.2, 0.25) is 0 Å². The van der Waals surface area contributed by atoms with Gasteiger partial charge in [-0.05, 0) is 48.4 Å². The molecule has 2 aromatic heterocycles. The molecule has 0 aliphatic heterocycles. The molecule has 2 atom stereocenters. The van der Waals surface area contributed by atoms with Crippen LogP contribution in [0.25, 0.3) is 0 Å². The molecule has 4 heteroatoms. The van der Waals surface area contributed by atoms with E-state index in [4.69, 9.17) is 9.47 Å². The van der Waals surface area contributed by atoms with Gasteiger partial charge in [-0.2, -0.15) is 0 Å². The van der Waals surface area contributed by atoms with Crippen molar-refractivity contribution >= 4 is 0 Å². The van der Waals surface area contributed by atoms with Gasteiger partial charge in [-0.15, -0.1) is 0 Å². The minimum atomic E-state index is 0.556. The molecule has 0 aromatic carbocycles. The minimum absolute atomic E-state index is 0.556. The summed E-state index contributed by atoms with van der Waals surface area (Å²) in [6, 6.07) is 8.03. The maximum atomic E-state index is 5.79. The van der Waals surface area contributed by atoms with Crippen LogP contribution in [-0.2, 0) is 11.3 Å². The Hall–Kier alpha value is -1.94. The van der Waals surface area contributed by atoms with E-state index in [0.717, 1.165) is 37.5 Å². The van der Waals surface area contributed by atoms with E-state index in [2.05, 4.69) is 23.0 Å². The van der Waals surface area contributed by atoms with E-state index >= 15 is 0 Å². The summed E-state index contributed by atoms with van der Waals surface area (Å²) in [5.74, 6) is 2.03. The molecule has 23 heavy (non-hydrogen) atoms. The molecule has 4 nitrogen and oxygen atoms in total. The number of nitrogens with zero attached hydrogens (tertiary/aromatic N) is 2. The van der Waals surface area contributed by atoms with Crippen molar-refractivity contribution in [1.29, 1.82) is 0 Å². The van der Waals surface area contributed by atoms with Crippen LogP contribution in [0.3, 0.4) is 0 Å². The lowest BCUT2D eigenvalue weighted by Gasteiger charge is -2.07. The Labute approximate surface area is 137 Å². The quantitative estimate of drug-likeness (QED) is 0.657. The molecule has 0 N–H and O–H groups in total. The Morgan fingerprint density at radius 3 is 3.04 bits per heavy atom. The summed E-state index contributed by atoms with van der Waals surface area (Å²) in [6.07, 6.45) is 8.95. The summed E-state index contributed by atoms with van der Waals surface area (Å²) in [6.45, 7) is 4.30. The number of aromatic nitrogens is 2. The lowest BCUT2D eigenvalue weighted by atomic mass is 10.1. The summed E-state index contributed by atoms with van der Waals surface area (Å²) in [4.78, 5) is 8.58. The summed E-state index contributed by atoms with van der Waals surface area (Å²) < 4.78 is 11.5. The number of hydrogen-bond acceptors (Lipinski definition) is 4. The van der Waals surface area contributed by atoms with Crippen LogP contribution in [-0.4, -0.2) is 23.2 Å². The number of ether oxygens (including phenoxy) is 2. The molecule has 2 heterocycles. The Balaban J connectivity index is 1.44. The molecule has 0 unspecified atom stereocenters. The average Bonchev–Trinajstić information content (AvgIpc) is 3.36. The van der Waals surface area contributed by atoms with Gasteiger partial charge in [-0.1, -0.05) is 19.4 Å². The van der Waals surface area contributed by atoms with E-state index in [9.17, 15) is 0 Å². The molecule has 1 aliphatic rings. The lowest BCUT2D eigenvalue weighted by Crippen LogP contribution is -2.01. The molecule has 2 aromatic rings. The highest BCUT2D eigenvalue weighted by atomic mass is 16.5. The second-order valence-electron chi connectivity index (χ2n) is 6.09. The topological polar surface area (TPSA) is 44.2 Å². The molecule has 3 rings (SSSR count). The van der Waals surface area contributed by atoms with Crippen LogP contribution in [0.4, 0.5) is 0 Å². The zero-order valence-corrected chi connectivity index (χ0v) is 13.6. The standard InChI is InChI=1S/C19H24N2O2/c1-2-3-8-23-18-9-15(11-20-12-18)19-10-16(19)13-22-14-17-6-4-5-7-21-17/h4-7,9,11-12,16,19H,2-3,8,10,13-14H2,1H3/t16-,19-/m1/s1. The maximum absolute atomic E-state index is 5.79. The van der Waals surface area contributed by atoms with Gasteiger partial charge in [0.2, 0.25) is 0 Å². The van der Waals surface area contributed by atoms with Crippen molar-refractivity contribution in [2.45, 2.75) is 38.7 Å². The van der Waals surface area contributed by atoms with Gasteiger partial charge < -0.3 is 9.47 Å². The Morgan fingerprint density at radius 1 is 1.26 bits per heavy atom. The average molecular weight is 312 g/mol. The first-order valence-corrected chi connectivity index (χ1v) is 8.42. The van der Waals surface area contributed by atoms with E-state index in [1.54, 1.807) is 12.4 Å². The summed E-state index contributed by atoms with van der Waals surface area (Å²) in [7, 11) is 0. The third-order valence-corrected chi connectivity index (χ3v) is 4.16. The van der Waals surface area contributed by atoms with Gasteiger partial charge in [0.1, 0.15) is 5.75 Å². The van der Waals surface area contributed by atoms with Crippen LogP contribution in [0, 0.1) is 5.92 Å². The first-order valence-electron chi connectivity index (χ1n) is 8.42. The highest BCUT2D eigenvalue weighted by Gasteiger charge is 2.38. The van der Waals surface area contributed by atoms with Gasteiger partial charge in [-0.25, -0.2) is 0 Å². The van der Waals surface area contributed by atoms with Gasteiger partial charge in [0.15, 0.2) is 0 Å². The lowest BCUT2D eigenvalue weighted by molar-refractivity contribution is 0.107. The van der Waals surface area contributed by atoms with Crippen molar-refractivity contribution < 1.29 is 9.47 Å². The summed E-state index contributed by atoms with van der Waals surface area (Å²) >= 11 is 0. The van der Waals surface area contributed by atoms with Crippen molar-refractivity contribution in [2.24, 2.45) is 5.92 Å². The zero-order chi connectivity index (χ0) is 15.9. The minimum Gasteiger partial charge on any atom is -0.492 e. The van der Waals surface area contributed by atoms with Gasteiger partial charge in [0.25, 0.3) is 0 Å². The SMILES string of the molecule is CCCCOc1cncc([C@H]2C[C@@H]2COCc2ccccn2)c1. The van der Waals surface area contributed by atoms with Crippen LogP contribution >= 0.6 is 0 Å². The van der Waals surface area contributed by atoms with Gasteiger partial charge in [-0.3, -0.25) is 9.97 Å². The van der Waals surface area contributed by atoms with E-state index in [-0.39, 0.29) is 0 Å².